The molecular formula is C8H12N2O2. The van der Waals surface area contributed by atoms with Crippen molar-refractivity contribution in [3.8, 4) is 0 Å². The maximum absolute atomic E-state index is 10.9. The monoisotopic (exact) mass is 168 g/mol. The first-order valence-electron chi connectivity index (χ1n) is 4.13. The van der Waals surface area contributed by atoms with Crippen molar-refractivity contribution in [1.29, 1.82) is 0 Å². The molecule has 0 saturated carbocycles. The van der Waals surface area contributed by atoms with Gasteiger partial charge in [0.2, 0.25) is 0 Å². The number of rotatable bonds is 1. The average molecular weight is 168 g/mol. The second kappa shape index (κ2) is 2.23. The normalized spacial score (nSPS) is 33.4. The molecule has 0 aromatic heterocycles. The predicted molar refractivity (Wildman–Crippen MR) is 43.2 cm³/mol. The molecule has 0 aromatic carbocycles. The van der Waals surface area contributed by atoms with E-state index in [0.29, 0.717) is 0 Å². The summed E-state index contributed by atoms with van der Waals surface area (Å²) in [7, 11) is 0. The van der Waals surface area contributed by atoms with E-state index in [-0.39, 0.29) is 0 Å². The maximum atomic E-state index is 10.9. The van der Waals surface area contributed by atoms with E-state index < -0.39 is 11.5 Å². The van der Waals surface area contributed by atoms with Crippen molar-refractivity contribution in [2.75, 3.05) is 0 Å². The molecule has 1 heterocycles. The smallest absolute Gasteiger partial charge is 0.329 e. The molecular weight excluding hydrogens is 156 g/mol. The SMILES string of the molecule is CC1(C(=O)O)NNC2=C1CCC2. The molecule has 0 bridgehead atoms. The van der Waals surface area contributed by atoms with Gasteiger partial charge in [-0.1, -0.05) is 0 Å². The number of allylic oxidation sites excluding steroid dienone is 1. The fraction of sp³-hybridized carbons (Fsp3) is 0.625. The molecule has 1 atom stereocenters. The Hall–Kier alpha value is -1.03. The summed E-state index contributed by atoms with van der Waals surface area (Å²) in [6.07, 6.45) is 2.95. The van der Waals surface area contributed by atoms with Gasteiger partial charge < -0.3 is 10.5 Å². The van der Waals surface area contributed by atoms with Crippen LogP contribution in [0.2, 0.25) is 0 Å². The number of hydrogen-bond acceptors (Lipinski definition) is 3. The van der Waals surface area contributed by atoms with Gasteiger partial charge in [-0.15, -0.1) is 0 Å². The third-order valence-corrected chi connectivity index (χ3v) is 2.71. The van der Waals surface area contributed by atoms with Crippen molar-refractivity contribution >= 4 is 5.97 Å². The maximum Gasteiger partial charge on any atom is 0.329 e. The topological polar surface area (TPSA) is 61.4 Å². The minimum Gasteiger partial charge on any atom is -0.480 e. The van der Waals surface area contributed by atoms with E-state index in [2.05, 4.69) is 10.9 Å². The van der Waals surface area contributed by atoms with Crippen LogP contribution >= 0.6 is 0 Å². The molecule has 0 saturated heterocycles. The summed E-state index contributed by atoms with van der Waals surface area (Å²) in [6, 6.07) is 0. The van der Waals surface area contributed by atoms with E-state index in [1.54, 1.807) is 6.92 Å². The van der Waals surface area contributed by atoms with E-state index >= 15 is 0 Å². The Morgan fingerprint density at radius 2 is 2.33 bits per heavy atom. The number of hydrazine groups is 1. The van der Waals surface area contributed by atoms with Gasteiger partial charge in [0.05, 0.1) is 0 Å². The minimum atomic E-state index is -0.869. The summed E-state index contributed by atoms with van der Waals surface area (Å²) >= 11 is 0. The third-order valence-electron chi connectivity index (χ3n) is 2.71. The van der Waals surface area contributed by atoms with Crippen molar-refractivity contribution < 1.29 is 9.90 Å². The van der Waals surface area contributed by atoms with Crippen LogP contribution in [0.25, 0.3) is 0 Å². The van der Waals surface area contributed by atoms with Crippen LogP contribution in [0.1, 0.15) is 26.2 Å². The first-order chi connectivity index (χ1) is 5.64. The quantitative estimate of drug-likeness (QED) is 0.529. The Morgan fingerprint density at radius 1 is 1.58 bits per heavy atom. The second-order valence-electron chi connectivity index (χ2n) is 3.49. The Morgan fingerprint density at radius 3 is 3.00 bits per heavy atom. The summed E-state index contributed by atoms with van der Waals surface area (Å²) in [6.45, 7) is 1.70. The van der Waals surface area contributed by atoms with Gasteiger partial charge in [0.15, 0.2) is 5.54 Å². The van der Waals surface area contributed by atoms with Gasteiger partial charge >= 0.3 is 5.97 Å². The number of carbonyl (C=O) groups is 1. The number of aliphatic carboxylic acids is 1. The van der Waals surface area contributed by atoms with Crippen LogP contribution < -0.4 is 10.9 Å². The Bertz CT molecular complexity index is 272. The van der Waals surface area contributed by atoms with Crippen LogP contribution in [0.3, 0.4) is 0 Å². The summed E-state index contributed by atoms with van der Waals surface area (Å²) in [5.41, 5.74) is 6.99. The lowest BCUT2D eigenvalue weighted by molar-refractivity contribution is -0.142. The highest BCUT2D eigenvalue weighted by Gasteiger charge is 2.44. The van der Waals surface area contributed by atoms with Crippen molar-refractivity contribution in [2.24, 2.45) is 0 Å². The van der Waals surface area contributed by atoms with Crippen molar-refractivity contribution in [3.63, 3.8) is 0 Å². The lowest BCUT2D eigenvalue weighted by Gasteiger charge is -2.21. The Kier molecular flexibility index (Phi) is 1.41. The fourth-order valence-corrected chi connectivity index (χ4v) is 1.89. The van der Waals surface area contributed by atoms with Gasteiger partial charge in [-0.2, -0.15) is 0 Å². The lowest BCUT2D eigenvalue weighted by Crippen LogP contribution is -2.50. The van der Waals surface area contributed by atoms with Gasteiger partial charge in [0.1, 0.15) is 0 Å². The summed E-state index contributed by atoms with van der Waals surface area (Å²) in [5.74, 6) is -0.804. The molecule has 1 unspecified atom stereocenters. The number of carboxylic acids is 1. The van der Waals surface area contributed by atoms with Crippen molar-refractivity contribution in [1.82, 2.24) is 10.9 Å². The third kappa shape index (κ3) is 0.783. The molecule has 4 nitrogen and oxygen atoms in total. The standard InChI is InChI=1S/C8H12N2O2/c1-8(7(11)12)5-3-2-4-6(5)9-10-8/h9-10H,2-4H2,1H3,(H,11,12). The molecule has 0 spiro atoms. The van der Waals surface area contributed by atoms with Gasteiger partial charge in [-0.05, 0) is 31.8 Å². The first kappa shape index (κ1) is 7.61. The van der Waals surface area contributed by atoms with Gasteiger partial charge in [0, 0.05) is 5.70 Å². The highest BCUT2D eigenvalue weighted by atomic mass is 16.4. The van der Waals surface area contributed by atoms with Gasteiger partial charge in [-0.25, -0.2) is 10.2 Å². The van der Waals surface area contributed by atoms with E-state index in [9.17, 15) is 4.79 Å². The number of hydrogen-bond donors (Lipinski definition) is 3. The molecule has 4 heteroatoms. The van der Waals surface area contributed by atoms with Gasteiger partial charge in [-0.3, -0.25) is 0 Å². The molecule has 0 amide bonds. The average Bonchev–Trinajstić information content (AvgIpc) is 2.54. The lowest BCUT2D eigenvalue weighted by atomic mass is 9.93. The molecule has 0 radical (unpaired) electrons. The predicted octanol–water partition coefficient (Wildman–Crippen LogP) is 0.375. The number of nitrogens with one attached hydrogen (secondary N) is 2. The van der Waals surface area contributed by atoms with Crippen LogP contribution in [-0.2, 0) is 4.79 Å². The van der Waals surface area contributed by atoms with Crippen molar-refractivity contribution in [3.05, 3.63) is 11.3 Å². The highest BCUT2D eigenvalue weighted by Crippen LogP contribution is 2.35. The Labute approximate surface area is 70.6 Å². The second-order valence-corrected chi connectivity index (χ2v) is 3.49. The van der Waals surface area contributed by atoms with Crippen molar-refractivity contribution in [2.45, 2.75) is 31.7 Å². The molecule has 0 aromatic rings. The zero-order valence-electron chi connectivity index (χ0n) is 6.98. The highest BCUT2D eigenvalue weighted by molar-refractivity contribution is 5.83. The molecule has 1 aliphatic heterocycles. The van der Waals surface area contributed by atoms with Crippen LogP contribution in [0.5, 0.6) is 0 Å². The largest absolute Gasteiger partial charge is 0.480 e. The zero-order chi connectivity index (χ0) is 8.77. The minimum absolute atomic E-state index is 0.804. The number of carboxylic acid groups (broad SMARTS) is 1. The first-order valence-corrected chi connectivity index (χ1v) is 4.13. The molecule has 12 heavy (non-hydrogen) atoms. The molecule has 0 fully saturated rings. The van der Waals surface area contributed by atoms with Crippen LogP contribution in [0, 0.1) is 0 Å². The van der Waals surface area contributed by atoms with E-state index in [4.69, 9.17) is 5.11 Å². The summed E-state index contributed by atoms with van der Waals surface area (Å²) < 4.78 is 0. The zero-order valence-corrected chi connectivity index (χ0v) is 6.98. The summed E-state index contributed by atoms with van der Waals surface area (Å²) in [5, 5.41) is 8.98. The van der Waals surface area contributed by atoms with Crippen LogP contribution in [0.15, 0.2) is 11.3 Å². The Balaban J connectivity index is 2.36. The molecule has 2 rings (SSSR count). The van der Waals surface area contributed by atoms with E-state index in [1.165, 1.54) is 0 Å². The molecule has 66 valence electrons. The fourth-order valence-electron chi connectivity index (χ4n) is 1.89. The van der Waals surface area contributed by atoms with Crippen LogP contribution in [0.4, 0.5) is 0 Å². The summed E-state index contributed by atoms with van der Waals surface area (Å²) in [4.78, 5) is 10.9. The molecule has 2 aliphatic rings. The molecule has 1 aliphatic carbocycles. The molecule has 3 N–H and O–H groups in total. The van der Waals surface area contributed by atoms with Crippen LogP contribution in [-0.4, -0.2) is 16.6 Å². The van der Waals surface area contributed by atoms with E-state index in [0.717, 1.165) is 30.5 Å². The van der Waals surface area contributed by atoms with Gasteiger partial charge in [0.25, 0.3) is 0 Å². The van der Waals surface area contributed by atoms with E-state index in [1.807, 2.05) is 0 Å².